The molecular formula is C13H10BrCl2NO. The Kier molecular flexibility index (Phi) is 4.49. The van der Waals surface area contributed by atoms with Gasteiger partial charge in [0.1, 0.15) is 5.75 Å². The molecular weight excluding hydrogens is 337 g/mol. The third-order valence-electron chi connectivity index (χ3n) is 2.39. The van der Waals surface area contributed by atoms with E-state index >= 15 is 0 Å². The highest BCUT2D eigenvalue weighted by Gasteiger charge is 2.07. The van der Waals surface area contributed by atoms with Gasteiger partial charge in [0.05, 0.1) is 9.50 Å². The lowest BCUT2D eigenvalue weighted by molar-refractivity contribution is 0.459. The Balaban J connectivity index is 2.28. The third kappa shape index (κ3) is 3.16. The summed E-state index contributed by atoms with van der Waals surface area (Å²) < 4.78 is 6.40. The summed E-state index contributed by atoms with van der Waals surface area (Å²) in [6, 6.07) is 7.27. The SMILES string of the molecule is CCc1cc(Oc2ncc(Cl)cc2Br)ccc1Cl. The summed E-state index contributed by atoms with van der Waals surface area (Å²) in [7, 11) is 0. The molecule has 1 heterocycles. The maximum Gasteiger partial charge on any atom is 0.233 e. The second kappa shape index (κ2) is 5.91. The van der Waals surface area contributed by atoms with Gasteiger partial charge in [0.25, 0.3) is 0 Å². The average Bonchev–Trinajstić information content (AvgIpc) is 2.35. The van der Waals surface area contributed by atoms with Gasteiger partial charge in [-0.3, -0.25) is 0 Å². The van der Waals surface area contributed by atoms with Crippen LogP contribution in [0.25, 0.3) is 0 Å². The van der Waals surface area contributed by atoms with Gasteiger partial charge in [-0.05, 0) is 52.2 Å². The Labute approximate surface area is 124 Å². The minimum Gasteiger partial charge on any atom is -0.438 e. The molecule has 94 valence electrons. The van der Waals surface area contributed by atoms with E-state index in [-0.39, 0.29) is 0 Å². The Morgan fingerprint density at radius 1 is 1.28 bits per heavy atom. The number of rotatable bonds is 3. The first-order valence-corrected chi connectivity index (χ1v) is 6.92. The van der Waals surface area contributed by atoms with Crippen molar-refractivity contribution in [1.82, 2.24) is 4.98 Å². The smallest absolute Gasteiger partial charge is 0.233 e. The molecule has 0 fully saturated rings. The van der Waals surface area contributed by atoms with E-state index in [2.05, 4.69) is 20.9 Å². The van der Waals surface area contributed by atoms with Crippen molar-refractivity contribution in [2.24, 2.45) is 0 Å². The molecule has 0 bridgehead atoms. The molecule has 0 unspecified atom stereocenters. The molecule has 2 aromatic rings. The van der Waals surface area contributed by atoms with Crippen molar-refractivity contribution in [3.05, 3.63) is 50.5 Å². The molecule has 0 aliphatic carbocycles. The first-order chi connectivity index (χ1) is 8.60. The van der Waals surface area contributed by atoms with Crippen LogP contribution >= 0.6 is 39.1 Å². The van der Waals surface area contributed by atoms with Gasteiger partial charge >= 0.3 is 0 Å². The zero-order chi connectivity index (χ0) is 13.1. The van der Waals surface area contributed by atoms with E-state index in [1.165, 1.54) is 6.20 Å². The van der Waals surface area contributed by atoms with Crippen molar-refractivity contribution in [3.8, 4) is 11.6 Å². The highest BCUT2D eigenvalue weighted by atomic mass is 79.9. The number of pyridine rings is 1. The Morgan fingerprint density at radius 3 is 2.72 bits per heavy atom. The van der Waals surface area contributed by atoms with Gasteiger partial charge in [0.2, 0.25) is 5.88 Å². The molecule has 0 atom stereocenters. The van der Waals surface area contributed by atoms with E-state index in [0.717, 1.165) is 17.0 Å². The predicted octanol–water partition coefficient (Wildman–Crippen LogP) is 5.51. The third-order valence-corrected chi connectivity index (χ3v) is 3.53. The largest absolute Gasteiger partial charge is 0.438 e. The van der Waals surface area contributed by atoms with Gasteiger partial charge in [0, 0.05) is 11.2 Å². The second-order valence-electron chi connectivity index (χ2n) is 3.65. The second-order valence-corrected chi connectivity index (χ2v) is 5.35. The molecule has 18 heavy (non-hydrogen) atoms. The lowest BCUT2D eigenvalue weighted by Crippen LogP contribution is -1.91. The maximum atomic E-state index is 6.05. The van der Waals surface area contributed by atoms with Crippen LogP contribution < -0.4 is 4.74 Å². The van der Waals surface area contributed by atoms with Gasteiger partial charge in [-0.1, -0.05) is 30.1 Å². The van der Waals surface area contributed by atoms with Crippen LogP contribution in [0.4, 0.5) is 0 Å². The van der Waals surface area contributed by atoms with Gasteiger partial charge in [-0.15, -0.1) is 0 Å². The molecule has 0 spiro atoms. The summed E-state index contributed by atoms with van der Waals surface area (Å²) >= 11 is 15.2. The Hall–Kier alpha value is -0.770. The van der Waals surface area contributed by atoms with Crippen LogP contribution in [0.5, 0.6) is 11.6 Å². The molecule has 5 heteroatoms. The molecule has 0 radical (unpaired) electrons. The Bertz CT molecular complexity index is 575. The highest BCUT2D eigenvalue weighted by Crippen LogP contribution is 2.31. The quantitative estimate of drug-likeness (QED) is 0.731. The molecule has 0 saturated heterocycles. The molecule has 2 nitrogen and oxygen atoms in total. The lowest BCUT2D eigenvalue weighted by atomic mass is 10.1. The molecule has 0 saturated carbocycles. The monoisotopic (exact) mass is 345 g/mol. The molecule has 1 aromatic heterocycles. The van der Waals surface area contributed by atoms with Crippen LogP contribution in [-0.4, -0.2) is 4.98 Å². The summed E-state index contributed by atoms with van der Waals surface area (Å²) in [5.41, 5.74) is 1.04. The number of hydrogen-bond donors (Lipinski definition) is 0. The minimum atomic E-state index is 0.476. The van der Waals surface area contributed by atoms with Crippen LogP contribution in [0.1, 0.15) is 12.5 Å². The Morgan fingerprint density at radius 2 is 2.06 bits per heavy atom. The zero-order valence-corrected chi connectivity index (χ0v) is 12.7. The first-order valence-electron chi connectivity index (χ1n) is 5.37. The van der Waals surface area contributed by atoms with Gasteiger partial charge < -0.3 is 4.74 Å². The van der Waals surface area contributed by atoms with Gasteiger partial charge in [-0.2, -0.15) is 0 Å². The molecule has 0 aliphatic heterocycles. The summed E-state index contributed by atoms with van der Waals surface area (Å²) in [5.74, 6) is 1.18. The predicted molar refractivity (Wildman–Crippen MR) is 77.9 cm³/mol. The zero-order valence-electron chi connectivity index (χ0n) is 9.58. The first kappa shape index (κ1) is 13.7. The molecule has 0 aliphatic rings. The van der Waals surface area contributed by atoms with E-state index in [4.69, 9.17) is 27.9 Å². The number of halogens is 3. The van der Waals surface area contributed by atoms with Crippen molar-refractivity contribution in [1.29, 1.82) is 0 Å². The number of benzene rings is 1. The summed E-state index contributed by atoms with van der Waals surface area (Å²) in [6.45, 7) is 2.04. The van der Waals surface area contributed by atoms with Crippen molar-refractivity contribution >= 4 is 39.1 Å². The van der Waals surface area contributed by atoms with E-state index in [1.807, 2.05) is 25.1 Å². The molecule has 1 aromatic carbocycles. The standard InChI is InChI=1S/C13H10BrCl2NO/c1-2-8-5-10(3-4-12(8)16)18-13-11(14)6-9(15)7-17-13/h3-7H,2H2,1H3. The fourth-order valence-electron chi connectivity index (χ4n) is 1.47. The fraction of sp³-hybridized carbons (Fsp3) is 0.154. The van der Waals surface area contributed by atoms with Crippen LogP contribution in [0.2, 0.25) is 10.0 Å². The number of aromatic nitrogens is 1. The van der Waals surface area contributed by atoms with E-state index in [1.54, 1.807) is 6.07 Å². The summed E-state index contributed by atoms with van der Waals surface area (Å²) in [4.78, 5) is 4.12. The van der Waals surface area contributed by atoms with E-state index in [9.17, 15) is 0 Å². The number of aryl methyl sites for hydroxylation is 1. The minimum absolute atomic E-state index is 0.476. The van der Waals surface area contributed by atoms with Crippen LogP contribution in [-0.2, 0) is 6.42 Å². The molecule has 2 rings (SSSR count). The van der Waals surface area contributed by atoms with Crippen molar-refractivity contribution < 1.29 is 4.74 Å². The van der Waals surface area contributed by atoms with Crippen LogP contribution in [0.3, 0.4) is 0 Å². The van der Waals surface area contributed by atoms with Crippen molar-refractivity contribution in [2.45, 2.75) is 13.3 Å². The van der Waals surface area contributed by atoms with Crippen molar-refractivity contribution in [2.75, 3.05) is 0 Å². The highest BCUT2D eigenvalue weighted by molar-refractivity contribution is 9.10. The van der Waals surface area contributed by atoms with E-state index in [0.29, 0.717) is 21.1 Å². The van der Waals surface area contributed by atoms with Crippen molar-refractivity contribution in [3.63, 3.8) is 0 Å². The number of nitrogens with zero attached hydrogens (tertiary/aromatic N) is 1. The molecule has 0 N–H and O–H groups in total. The summed E-state index contributed by atoms with van der Waals surface area (Å²) in [6.07, 6.45) is 2.39. The number of ether oxygens (including phenoxy) is 1. The van der Waals surface area contributed by atoms with Crippen LogP contribution in [0.15, 0.2) is 34.9 Å². The summed E-state index contributed by atoms with van der Waals surface area (Å²) in [5, 5.41) is 1.30. The normalized spacial score (nSPS) is 10.4. The van der Waals surface area contributed by atoms with Gasteiger partial charge in [0.15, 0.2) is 0 Å². The molecule has 0 amide bonds. The average molecular weight is 347 g/mol. The van der Waals surface area contributed by atoms with Gasteiger partial charge in [-0.25, -0.2) is 4.98 Å². The number of hydrogen-bond acceptors (Lipinski definition) is 2. The lowest BCUT2D eigenvalue weighted by Gasteiger charge is -2.09. The fourth-order valence-corrected chi connectivity index (χ4v) is 2.45. The topological polar surface area (TPSA) is 22.1 Å². The van der Waals surface area contributed by atoms with E-state index < -0.39 is 0 Å². The maximum absolute atomic E-state index is 6.05. The van der Waals surface area contributed by atoms with Crippen LogP contribution in [0, 0.1) is 0 Å².